The molecule has 0 heterocycles. The molecule has 2 N–H and O–H groups in total. The molecule has 0 amide bonds. The summed E-state index contributed by atoms with van der Waals surface area (Å²) in [4.78, 5) is 0. The molecule has 0 bridgehead atoms. The third kappa shape index (κ3) is 2.42. The Labute approximate surface area is 90.2 Å². The number of benzene rings is 1. The first-order valence-electron chi connectivity index (χ1n) is 3.76. The molecule has 1 rings (SSSR count). The molecule has 0 saturated heterocycles. The van der Waals surface area contributed by atoms with E-state index in [1.54, 1.807) is 12.1 Å². The van der Waals surface area contributed by atoms with Crippen LogP contribution in [-0.2, 0) is 5.54 Å². The van der Waals surface area contributed by atoms with Crippen molar-refractivity contribution in [3.63, 3.8) is 0 Å². The Bertz CT molecular complexity index is 310. The van der Waals surface area contributed by atoms with Crippen LogP contribution in [0.25, 0.3) is 0 Å². The van der Waals surface area contributed by atoms with Gasteiger partial charge in [-0.3, -0.25) is 0 Å². The summed E-state index contributed by atoms with van der Waals surface area (Å²) in [5.41, 5.74) is 6.13. The van der Waals surface area contributed by atoms with Gasteiger partial charge in [-0.05, 0) is 47.5 Å². The lowest BCUT2D eigenvalue weighted by atomic mass is 9.96. The Kier molecular flexibility index (Phi) is 3.00. The molecule has 72 valence electrons. The number of halogens is 3. The molecular formula is C9H10BrClFN. The minimum atomic E-state index is -0.514. The van der Waals surface area contributed by atoms with E-state index in [1.807, 2.05) is 13.8 Å². The maximum absolute atomic E-state index is 13.1. The lowest BCUT2D eigenvalue weighted by molar-refractivity contribution is 0.549. The van der Waals surface area contributed by atoms with Crippen molar-refractivity contribution < 1.29 is 4.39 Å². The summed E-state index contributed by atoms with van der Waals surface area (Å²) in [7, 11) is 0. The van der Waals surface area contributed by atoms with Crippen LogP contribution < -0.4 is 5.73 Å². The Morgan fingerprint density at radius 2 is 2.00 bits per heavy atom. The standard InChI is InChI=1S/C9H10BrClFN/c1-9(2,13)5-3-6(10)8(12)7(11)4-5/h3-4H,13H2,1-2H3. The van der Waals surface area contributed by atoms with Gasteiger partial charge in [-0.15, -0.1) is 0 Å². The molecule has 13 heavy (non-hydrogen) atoms. The summed E-state index contributed by atoms with van der Waals surface area (Å²) in [6, 6.07) is 3.18. The first kappa shape index (κ1) is 11.0. The fourth-order valence-corrected chi connectivity index (χ4v) is 1.72. The fourth-order valence-electron chi connectivity index (χ4n) is 0.928. The van der Waals surface area contributed by atoms with Crippen LogP contribution in [0, 0.1) is 5.82 Å². The number of nitrogens with two attached hydrogens (primary N) is 1. The normalized spacial score (nSPS) is 11.8. The van der Waals surface area contributed by atoms with Gasteiger partial charge in [0.25, 0.3) is 0 Å². The lowest BCUT2D eigenvalue weighted by Gasteiger charge is -2.19. The molecule has 4 heteroatoms. The first-order chi connectivity index (χ1) is 5.82. The summed E-state index contributed by atoms with van der Waals surface area (Å²) < 4.78 is 13.4. The van der Waals surface area contributed by atoms with E-state index in [0.717, 1.165) is 5.56 Å². The minimum Gasteiger partial charge on any atom is -0.322 e. The van der Waals surface area contributed by atoms with E-state index >= 15 is 0 Å². The van der Waals surface area contributed by atoms with Crippen molar-refractivity contribution in [3.05, 3.63) is 33.0 Å². The monoisotopic (exact) mass is 265 g/mol. The van der Waals surface area contributed by atoms with Crippen LogP contribution >= 0.6 is 27.5 Å². The molecule has 0 aliphatic rings. The summed E-state index contributed by atoms with van der Waals surface area (Å²) in [6.07, 6.45) is 0. The van der Waals surface area contributed by atoms with Gasteiger partial charge in [-0.2, -0.15) is 0 Å². The molecule has 0 unspecified atom stereocenters. The molecule has 0 aliphatic carbocycles. The molecule has 0 fully saturated rings. The molecule has 0 saturated carbocycles. The second-order valence-electron chi connectivity index (χ2n) is 3.48. The van der Waals surface area contributed by atoms with Crippen LogP contribution in [-0.4, -0.2) is 0 Å². The number of hydrogen-bond acceptors (Lipinski definition) is 1. The van der Waals surface area contributed by atoms with E-state index in [-0.39, 0.29) is 5.02 Å². The third-order valence-electron chi connectivity index (χ3n) is 1.73. The van der Waals surface area contributed by atoms with Gasteiger partial charge in [0, 0.05) is 5.54 Å². The van der Waals surface area contributed by atoms with E-state index in [4.69, 9.17) is 17.3 Å². The second-order valence-corrected chi connectivity index (χ2v) is 4.74. The molecule has 0 atom stereocenters. The summed E-state index contributed by atoms with van der Waals surface area (Å²) in [6.45, 7) is 3.67. The van der Waals surface area contributed by atoms with Crippen molar-refractivity contribution in [2.75, 3.05) is 0 Å². The van der Waals surface area contributed by atoms with Crippen LogP contribution in [0.5, 0.6) is 0 Å². The minimum absolute atomic E-state index is 0.0860. The number of hydrogen-bond donors (Lipinski definition) is 1. The van der Waals surface area contributed by atoms with Gasteiger partial charge in [0.05, 0.1) is 9.50 Å². The predicted molar refractivity (Wildman–Crippen MR) is 56.3 cm³/mol. The maximum atomic E-state index is 13.1. The Morgan fingerprint density at radius 3 is 2.38 bits per heavy atom. The van der Waals surface area contributed by atoms with Crippen LogP contribution in [0.15, 0.2) is 16.6 Å². The molecule has 1 nitrogen and oxygen atoms in total. The van der Waals surface area contributed by atoms with Crippen molar-refractivity contribution >= 4 is 27.5 Å². The summed E-state index contributed by atoms with van der Waals surface area (Å²) in [5, 5.41) is 0.0860. The largest absolute Gasteiger partial charge is 0.322 e. The topological polar surface area (TPSA) is 26.0 Å². The third-order valence-corrected chi connectivity index (χ3v) is 2.58. The maximum Gasteiger partial charge on any atom is 0.155 e. The average Bonchev–Trinajstić information content (AvgIpc) is 1.97. The van der Waals surface area contributed by atoms with E-state index in [0.29, 0.717) is 4.47 Å². The van der Waals surface area contributed by atoms with Gasteiger partial charge in [-0.25, -0.2) is 4.39 Å². The molecular weight excluding hydrogens is 256 g/mol. The SMILES string of the molecule is CC(C)(N)c1cc(Cl)c(F)c(Br)c1. The van der Waals surface area contributed by atoms with Crippen molar-refractivity contribution in [1.29, 1.82) is 0 Å². The second kappa shape index (κ2) is 3.56. The van der Waals surface area contributed by atoms with Gasteiger partial charge in [0.15, 0.2) is 5.82 Å². The van der Waals surface area contributed by atoms with E-state index < -0.39 is 11.4 Å². The van der Waals surface area contributed by atoms with Crippen molar-refractivity contribution in [1.82, 2.24) is 0 Å². The Balaban J connectivity index is 3.29. The zero-order valence-electron chi connectivity index (χ0n) is 7.37. The van der Waals surface area contributed by atoms with E-state index in [2.05, 4.69) is 15.9 Å². The molecule has 1 aromatic carbocycles. The van der Waals surface area contributed by atoms with Crippen molar-refractivity contribution in [3.8, 4) is 0 Å². The van der Waals surface area contributed by atoms with Gasteiger partial charge < -0.3 is 5.73 Å². The Morgan fingerprint density at radius 1 is 1.46 bits per heavy atom. The summed E-state index contributed by atoms with van der Waals surface area (Å²) >= 11 is 8.74. The predicted octanol–water partition coefficient (Wildman–Crippen LogP) is 3.44. The molecule has 0 aromatic heterocycles. The Hall–Kier alpha value is -0.120. The molecule has 0 aliphatic heterocycles. The molecule has 1 aromatic rings. The zero-order chi connectivity index (χ0) is 10.2. The summed E-state index contributed by atoms with van der Waals surface area (Å²) in [5.74, 6) is -0.449. The molecule has 0 radical (unpaired) electrons. The van der Waals surface area contributed by atoms with Crippen LogP contribution in [0.2, 0.25) is 5.02 Å². The highest BCUT2D eigenvalue weighted by Gasteiger charge is 2.17. The van der Waals surface area contributed by atoms with Gasteiger partial charge >= 0.3 is 0 Å². The zero-order valence-corrected chi connectivity index (χ0v) is 9.71. The highest BCUT2D eigenvalue weighted by atomic mass is 79.9. The number of rotatable bonds is 1. The van der Waals surface area contributed by atoms with E-state index in [9.17, 15) is 4.39 Å². The quantitative estimate of drug-likeness (QED) is 0.774. The van der Waals surface area contributed by atoms with Gasteiger partial charge in [-0.1, -0.05) is 11.6 Å². The van der Waals surface area contributed by atoms with E-state index in [1.165, 1.54) is 0 Å². The molecule has 0 spiro atoms. The van der Waals surface area contributed by atoms with Crippen molar-refractivity contribution in [2.24, 2.45) is 5.73 Å². The smallest absolute Gasteiger partial charge is 0.155 e. The first-order valence-corrected chi connectivity index (χ1v) is 4.93. The van der Waals surface area contributed by atoms with Gasteiger partial charge in [0.2, 0.25) is 0 Å². The van der Waals surface area contributed by atoms with Crippen molar-refractivity contribution in [2.45, 2.75) is 19.4 Å². The van der Waals surface area contributed by atoms with Crippen LogP contribution in [0.4, 0.5) is 4.39 Å². The average molecular weight is 267 g/mol. The highest BCUT2D eigenvalue weighted by molar-refractivity contribution is 9.10. The van der Waals surface area contributed by atoms with Gasteiger partial charge in [0.1, 0.15) is 0 Å². The lowest BCUT2D eigenvalue weighted by Crippen LogP contribution is -2.28. The van der Waals surface area contributed by atoms with Crippen LogP contribution in [0.3, 0.4) is 0 Å². The van der Waals surface area contributed by atoms with Crippen LogP contribution in [0.1, 0.15) is 19.4 Å². The fraction of sp³-hybridized carbons (Fsp3) is 0.333. The highest BCUT2D eigenvalue weighted by Crippen LogP contribution is 2.29.